The van der Waals surface area contributed by atoms with Gasteiger partial charge < -0.3 is 15.3 Å². The molecule has 0 fully saturated rings. The van der Waals surface area contributed by atoms with Crippen LogP contribution in [0.2, 0.25) is 0 Å². The van der Waals surface area contributed by atoms with Gasteiger partial charge in [-0.3, -0.25) is 15.0 Å². The molecule has 0 radical (unpaired) electrons. The van der Waals surface area contributed by atoms with Crippen molar-refractivity contribution in [3.63, 3.8) is 0 Å². The molecule has 0 aliphatic carbocycles. The SMILES string of the molecule is Oc1cccc(-c2ccccn2)c1.Oc1cccc(-c2ccccn2)c1.Oc1cccc(-c2ccccn2)c1.[Ir+3]. The van der Waals surface area contributed by atoms with Gasteiger partial charge in [-0.1, -0.05) is 54.6 Å². The summed E-state index contributed by atoms with van der Waals surface area (Å²) in [6.45, 7) is 0. The van der Waals surface area contributed by atoms with Gasteiger partial charge in [-0.15, -0.1) is 0 Å². The zero-order valence-electron chi connectivity index (χ0n) is 21.4. The molecule has 0 aliphatic heterocycles. The Hall–Kier alpha value is -4.84. The first kappa shape index (κ1) is 29.7. The zero-order chi connectivity index (χ0) is 27.3. The Kier molecular flexibility index (Phi) is 11.5. The molecule has 198 valence electrons. The molecule has 40 heavy (non-hydrogen) atoms. The predicted molar refractivity (Wildman–Crippen MR) is 154 cm³/mol. The van der Waals surface area contributed by atoms with Gasteiger partial charge >= 0.3 is 20.1 Å². The standard InChI is InChI=1S/3C11H9NO.Ir/c3*13-10-5-3-4-9(8-10)11-6-1-2-7-12-11;/h3*1-8,13H;/q;;;+3. The van der Waals surface area contributed by atoms with E-state index in [2.05, 4.69) is 15.0 Å². The summed E-state index contributed by atoms with van der Waals surface area (Å²) in [5, 5.41) is 27.7. The van der Waals surface area contributed by atoms with Crippen LogP contribution in [0, 0.1) is 0 Å². The normalized spacial score (nSPS) is 9.60. The number of aromatic hydroxyl groups is 3. The molecule has 3 heterocycles. The fourth-order valence-electron chi connectivity index (χ4n) is 3.60. The second-order valence-electron chi connectivity index (χ2n) is 8.30. The van der Waals surface area contributed by atoms with Crippen LogP contribution in [-0.2, 0) is 20.1 Å². The molecule has 7 heteroatoms. The Balaban J connectivity index is 0.000000163. The van der Waals surface area contributed by atoms with E-state index in [0.29, 0.717) is 0 Å². The smallest absolute Gasteiger partial charge is 0.508 e. The van der Waals surface area contributed by atoms with Gasteiger partial charge in [0.2, 0.25) is 0 Å². The van der Waals surface area contributed by atoms with E-state index >= 15 is 0 Å². The van der Waals surface area contributed by atoms with Crippen LogP contribution in [0.1, 0.15) is 0 Å². The molecule has 6 nitrogen and oxygen atoms in total. The maximum Gasteiger partial charge on any atom is 3.00 e. The van der Waals surface area contributed by atoms with Crippen molar-refractivity contribution in [3.05, 3.63) is 146 Å². The van der Waals surface area contributed by atoms with Crippen molar-refractivity contribution in [2.75, 3.05) is 0 Å². The van der Waals surface area contributed by atoms with E-state index < -0.39 is 0 Å². The molecular weight excluding hydrogens is 679 g/mol. The van der Waals surface area contributed by atoms with Crippen molar-refractivity contribution < 1.29 is 35.4 Å². The number of rotatable bonds is 3. The molecule has 0 saturated heterocycles. The first-order valence-corrected chi connectivity index (χ1v) is 12.2. The molecule has 0 spiro atoms. The van der Waals surface area contributed by atoms with Gasteiger partial charge in [0.15, 0.2) is 0 Å². The number of hydrogen-bond acceptors (Lipinski definition) is 6. The quantitative estimate of drug-likeness (QED) is 0.178. The van der Waals surface area contributed by atoms with Gasteiger partial charge in [0.1, 0.15) is 17.2 Å². The minimum Gasteiger partial charge on any atom is -0.508 e. The molecule has 0 saturated carbocycles. The van der Waals surface area contributed by atoms with Crippen molar-refractivity contribution >= 4 is 0 Å². The third kappa shape index (κ3) is 9.17. The van der Waals surface area contributed by atoms with Crippen molar-refractivity contribution in [3.8, 4) is 51.0 Å². The minimum atomic E-state index is 0. The van der Waals surface area contributed by atoms with Crippen LogP contribution in [0.3, 0.4) is 0 Å². The van der Waals surface area contributed by atoms with Crippen molar-refractivity contribution in [1.29, 1.82) is 0 Å². The van der Waals surface area contributed by atoms with Gasteiger partial charge in [0.05, 0.1) is 17.1 Å². The monoisotopic (exact) mass is 706 g/mol. The number of phenolic OH excluding ortho intramolecular Hbond substituents is 3. The van der Waals surface area contributed by atoms with E-state index in [0.717, 1.165) is 33.8 Å². The van der Waals surface area contributed by atoms with Crippen molar-refractivity contribution in [2.24, 2.45) is 0 Å². The Morgan fingerprint density at radius 3 is 0.875 bits per heavy atom. The van der Waals surface area contributed by atoms with E-state index in [4.69, 9.17) is 0 Å². The Labute approximate surface area is 246 Å². The van der Waals surface area contributed by atoms with Gasteiger partial charge in [0, 0.05) is 35.3 Å². The van der Waals surface area contributed by atoms with Crippen LogP contribution < -0.4 is 0 Å². The van der Waals surface area contributed by atoms with Crippen LogP contribution in [0.25, 0.3) is 33.8 Å². The average molecular weight is 706 g/mol. The van der Waals surface area contributed by atoms with Gasteiger partial charge in [-0.05, 0) is 72.8 Å². The summed E-state index contributed by atoms with van der Waals surface area (Å²) in [6, 6.07) is 38.3. The summed E-state index contributed by atoms with van der Waals surface area (Å²) in [5.74, 6) is 0.800. The minimum absolute atomic E-state index is 0. The number of aromatic nitrogens is 3. The molecule has 0 aliphatic rings. The number of nitrogens with zero attached hydrogens (tertiary/aromatic N) is 3. The van der Waals surface area contributed by atoms with E-state index in [1.54, 1.807) is 73.2 Å². The van der Waals surface area contributed by atoms with Crippen LogP contribution in [0.4, 0.5) is 0 Å². The average Bonchev–Trinajstić information content (AvgIpc) is 2.99. The summed E-state index contributed by atoms with van der Waals surface area (Å²) < 4.78 is 0. The van der Waals surface area contributed by atoms with E-state index in [9.17, 15) is 15.3 Å². The molecule has 0 bridgehead atoms. The molecule has 3 aromatic heterocycles. The van der Waals surface area contributed by atoms with Crippen LogP contribution in [-0.4, -0.2) is 30.3 Å². The molecule has 0 amide bonds. The van der Waals surface area contributed by atoms with E-state index in [1.165, 1.54) is 0 Å². The van der Waals surface area contributed by atoms with Crippen LogP contribution in [0.15, 0.2) is 146 Å². The first-order chi connectivity index (χ1) is 19.1. The molecule has 0 atom stereocenters. The fraction of sp³-hybridized carbons (Fsp3) is 0. The Morgan fingerprint density at radius 2 is 0.650 bits per heavy atom. The van der Waals surface area contributed by atoms with Gasteiger partial charge in [-0.25, -0.2) is 0 Å². The molecule has 6 aromatic rings. The number of benzene rings is 3. The molecular formula is C33H27IrN3O3+3. The summed E-state index contributed by atoms with van der Waals surface area (Å²) in [4.78, 5) is 12.5. The van der Waals surface area contributed by atoms with Crippen LogP contribution in [0.5, 0.6) is 17.2 Å². The molecule has 0 unspecified atom stereocenters. The third-order valence-corrected chi connectivity index (χ3v) is 5.42. The summed E-state index contributed by atoms with van der Waals surface area (Å²) >= 11 is 0. The topological polar surface area (TPSA) is 99.4 Å². The number of hydrogen-bond donors (Lipinski definition) is 3. The van der Waals surface area contributed by atoms with Crippen molar-refractivity contribution in [1.82, 2.24) is 15.0 Å². The second kappa shape index (κ2) is 15.5. The Bertz CT molecular complexity index is 1390. The summed E-state index contributed by atoms with van der Waals surface area (Å²) in [5.41, 5.74) is 5.41. The third-order valence-electron chi connectivity index (χ3n) is 5.42. The van der Waals surface area contributed by atoms with Gasteiger partial charge in [-0.2, -0.15) is 0 Å². The van der Waals surface area contributed by atoms with Gasteiger partial charge in [0.25, 0.3) is 0 Å². The first-order valence-electron chi connectivity index (χ1n) is 12.2. The maximum absolute atomic E-state index is 9.25. The van der Waals surface area contributed by atoms with E-state index in [-0.39, 0.29) is 37.4 Å². The molecule has 6 rings (SSSR count). The number of pyridine rings is 3. The van der Waals surface area contributed by atoms with E-state index in [1.807, 2.05) is 72.8 Å². The maximum atomic E-state index is 9.25. The summed E-state index contributed by atoms with van der Waals surface area (Å²) in [6.07, 6.45) is 5.21. The largest absolute Gasteiger partial charge is 3.00 e. The molecule has 3 aromatic carbocycles. The summed E-state index contributed by atoms with van der Waals surface area (Å²) in [7, 11) is 0. The Morgan fingerprint density at radius 1 is 0.350 bits per heavy atom. The zero-order valence-corrected chi connectivity index (χ0v) is 23.8. The number of phenols is 3. The second-order valence-corrected chi connectivity index (χ2v) is 8.30. The fourth-order valence-corrected chi connectivity index (χ4v) is 3.60. The van der Waals surface area contributed by atoms with Crippen molar-refractivity contribution in [2.45, 2.75) is 0 Å². The molecule has 3 N–H and O–H groups in total. The van der Waals surface area contributed by atoms with Crippen LogP contribution >= 0.6 is 0 Å². The predicted octanol–water partition coefficient (Wildman–Crippen LogP) is 7.36.